The summed E-state index contributed by atoms with van der Waals surface area (Å²) in [5, 5.41) is 3.32. The maximum Gasteiger partial charge on any atom is 0.227 e. The molecule has 2 amide bonds. The van der Waals surface area contributed by atoms with Crippen molar-refractivity contribution in [1.29, 1.82) is 0 Å². The standard InChI is InChI=1S/C22H28ClFN2O4/c23-17-7-4-8-18(24)16(17)9-21(27)26-10-19-20(11-26)30-13-15(12-29-19)25-22(28)14-5-2-1-3-6-14/h4,7-8,14-15,19-20H,1-3,5-6,9-13H2,(H,25,28)/t19-,20-/m0/s1. The smallest absolute Gasteiger partial charge is 0.227 e. The van der Waals surface area contributed by atoms with Gasteiger partial charge in [0.25, 0.3) is 0 Å². The Balaban J connectivity index is 1.28. The number of carbonyl (C=O) groups excluding carboxylic acids is 2. The molecule has 1 aromatic rings. The van der Waals surface area contributed by atoms with Gasteiger partial charge in [0.15, 0.2) is 0 Å². The molecule has 0 radical (unpaired) electrons. The molecule has 4 rings (SSSR count). The molecular weight excluding hydrogens is 411 g/mol. The number of halogens is 2. The van der Waals surface area contributed by atoms with Crippen LogP contribution in [0.15, 0.2) is 18.2 Å². The van der Waals surface area contributed by atoms with Gasteiger partial charge in [0.05, 0.1) is 25.7 Å². The predicted octanol–water partition coefficient (Wildman–Crippen LogP) is 2.71. The van der Waals surface area contributed by atoms with Crippen LogP contribution >= 0.6 is 11.6 Å². The highest BCUT2D eigenvalue weighted by atomic mass is 35.5. The van der Waals surface area contributed by atoms with Gasteiger partial charge < -0.3 is 19.7 Å². The highest BCUT2D eigenvalue weighted by molar-refractivity contribution is 6.31. The second kappa shape index (κ2) is 9.62. The Morgan fingerprint density at radius 2 is 1.77 bits per heavy atom. The molecular formula is C22H28ClFN2O4. The largest absolute Gasteiger partial charge is 0.371 e. The first-order chi connectivity index (χ1) is 14.5. The summed E-state index contributed by atoms with van der Waals surface area (Å²) in [4.78, 5) is 26.8. The first-order valence-electron chi connectivity index (χ1n) is 10.8. The molecule has 3 fully saturated rings. The predicted molar refractivity (Wildman–Crippen MR) is 110 cm³/mol. The van der Waals surface area contributed by atoms with Crippen molar-refractivity contribution in [1.82, 2.24) is 10.2 Å². The lowest BCUT2D eigenvalue weighted by atomic mass is 9.88. The van der Waals surface area contributed by atoms with Crippen LogP contribution in [-0.4, -0.2) is 61.3 Å². The van der Waals surface area contributed by atoms with E-state index in [1.165, 1.54) is 18.6 Å². The molecule has 1 aliphatic carbocycles. The summed E-state index contributed by atoms with van der Waals surface area (Å²) in [6, 6.07) is 4.22. The minimum absolute atomic E-state index is 0.0922. The van der Waals surface area contributed by atoms with Gasteiger partial charge in [-0.1, -0.05) is 36.9 Å². The molecule has 6 nitrogen and oxygen atoms in total. The average Bonchev–Trinajstić information content (AvgIpc) is 3.07. The third-order valence-electron chi connectivity index (χ3n) is 6.30. The van der Waals surface area contributed by atoms with E-state index in [1.807, 2.05) is 0 Å². The molecule has 0 aromatic heterocycles. The molecule has 3 aliphatic rings. The summed E-state index contributed by atoms with van der Waals surface area (Å²) in [7, 11) is 0. The van der Waals surface area contributed by atoms with E-state index in [2.05, 4.69) is 5.32 Å². The summed E-state index contributed by atoms with van der Waals surface area (Å²) in [5.74, 6) is -0.491. The van der Waals surface area contributed by atoms with Gasteiger partial charge in [0, 0.05) is 29.6 Å². The Labute approximate surface area is 181 Å². The summed E-state index contributed by atoms with van der Waals surface area (Å²) in [5.41, 5.74) is 0.212. The molecule has 2 heterocycles. The lowest BCUT2D eigenvalue weighted by Gasteiger charge is -2.24. The third-order valence-corrected chi connectivity index (χ3v) is 6.66. The lowest BCUT2D eigenvalue weighted by Crippen LogP contribution is -2.44. The average molecular weight is 439 g/mol. The molecule has 1 saturated carbocycles. The monoisotopic (exact) mass is 438 g/mol. The number of hydrogen-bond acceptors (Lipinski definition) is 4. The van der Waals surface area contributed by atoms with Gasteiger partial charge in [-0.15, -0.1) is 0 Å². The lowest BCUT2D eigenvalue weighted by molar-refractivity contribution is -0.130. The number of hydrogen-bond donors (Lipinski definition) is 1. The molecule has 2 atom stereocenters. The zero-order valence-electron chi connectivity index (χ0n) is 16.9. The Morgan fingerprint density at radius 3 is 2.40 bits per heavy atom. The Morgan fingerprint density at radius 1 is 1.10 bits per heavy atom. The minimum Gasteiger partial charge on any atom is -0.371 e. The summed E-state index contributed by atoms with van der Waals surface area (Å²) in [6.07, 6.45) is 4.75. The molecule has 2 aliphatic heterocycles. The van der Waals surface area contributed by atoms with Crippen molar-refractivity contribution in [3.05, 3.63) is 34.6 Å². The van der Waals surface area contributed by atoms with Crippen LogP contribution < -0.4 is 5.32 Å². The van der Waals surface area contributed by atoms with Gasteiger partial charge in [0.1, 0.15) is 18.0 Å². The zero-order valence-corrected chi connectivity index (χ0v) is 17.7. The van der Waals surface area contributed by atoms with Crippen molar-refractivity contribution >= 4 is 23.4 Å². The van der Waals surface area contributed by atoms with Gasteiger partial charge in [-0.05, 0) is 25.0 Å². The number of nitrogens with one attached hydrogen (secondary N) is 1. The number of carbonyl (C=O) groups is 2. The maximum absolute atomic E-state index is 14.0. The van der Waals surface area contributed by atoms with Crippen LogP contribution in [0, 0.1) is 11.7 Å². The number of fused-ring (bicyclic) bond motifs is 1. The van der Waals surface area contributed by atoms with E-state index in [0.29, 0.717) is 26.3 Å². The van der Waals surface area contributed by atoms with Crippen molar-refractivity contribution < 1.29 is 23.5 Å². The van der Waals surface area contributed by atoms with Crippen molar-refractivity contribution in [2.24, 2.45) is 5.92 Å². The van der Waals surface area contributed by atoms with E-state index < -0.39 is 5.82 Å². The van der Waals surface area contributed by atoms with Crippen LogP contribution in [0.5, 0.6) is 0 Å². The summed E-state index contributed by atoms with van der Waals surface area (Å²) in [6.45, 7) is 1.50. The van der Waals surface area contributed by atoms with Crippen LogP contribution in [0.3, 0.4) is 0 Å². The van der Waals surface area contributed by atoms with Crippen LogP contribution in [0.1, 0.15) is 37.7 Å². The van der Waals surface area contributed by atoms with Crippen LogP contribution in [0.25, 0.3) is 0 Å². The molecule has 8 heteroatoms. The zero-order chi connectivity index (χ0) is 21.1. The highest BCUT2D eigenvalue weighted by Gasteiger charge is 2.40. The van der Waals surface area contributed by atoms with E-state index in [4.69, 9.17) is 21.1 Å². The number of likely N-dealkylation sites (tertiary alicyclic amines) is 1. The van der Waals surface area contributed by atoms with Gasteiger partial charge in [0.2, 0.25) is 11.8 Å². The fourth-order valence-corrected chi connectivity index (χ4v) is 4.76. The summed E-state index contributed by atoms with van der Waals surface area (Å²) < 4.78 is 25.9. The Bertz CT molecular complexity index is 750. The molecule has 1 N–H and O–H groups in total. The Hall–Kier alpha value is -1.70. The van der Waals surface area contributed by atoms with E-state index in [0.717, 1.165) is 25.7 Å². The van der Waals surface area contributed by atoms with E-state index in [-0.39, 0.29) is 53.0 Å². The second-order valence-electron chi connectivity index (χ2n) is 8.46. The van der Waals surface area contributed by atoms with Crippen molar-refractivity contribution in [3.63, 3.8) is 0 Å². The van der Waals surface area contributed by atoms with E-state index >= 15 is 0 Å². The molecule has 0 unspecified atom stereocenters. The number of nitrogens with zero attached hydrogens (tertiary/aromatic N) is 1. The normalized spacial score (nSPS) is 25.6. The fraction of sp³-hybridized carbons (Fsp3) is 0.636. The van der Waals surface area contributed by atoms with Gasteiger partial charge in [-0.3, -0.25) is 9.59 Å². The van der Waals surface area contributed by atoms with E-state index in [1.54, 1.807) is 11.0 Å². The molecule has 0 spiro atoms. The molecule has 2 saturated heterocycles. The number of ether oxygens (including phenoxy) is 2. The molecule has 30 heavy (non-hydrogen) atoms. The SMILES string of the molecule is O=C(NC1CO[C@H]2CN(C(=O)Cc3c(F)cccc3Cl)C[C@@H]2OC1)C1CCCCC1. The molecule has 1 aromatic carbocycles. The van der Waals surface area contributed by atoms with E-state index in [9.17, 15) is 14.0 Å². The molecule has 164 valence electrons. The minimum atomic E-state index is -0.478. The number of rotatable bonds is 4. The third kappa shape index (κ3) is 4.95. The van der Waals surface area contributed by atoms with Gasteiger partial charge in [-0.25, -0.2) is 4.39 Å². The topological polar surface area (TPSA) is 67.9 Å². The first-order valence-corrected chi connectivity index (χ1v) is 11.1. The number of amides is 2. The Kier molecular flexibility index (Phi) is 6.91. The molecule has 0 bridgehead atoms. The maximum atomic E-state index is 14.0. The summed E-state index contributed by atoms with van der Waals surface area (Å²) >= 11 is 6.04. The van der Waals surface area contributed by atoms with Gasteiger partial charge >= 0.3 is 0 Å². The highest BCUT2D eigenvalue weighted by Crippen LogP contribution is 2.26. The van der Waals surface area contributed by atoms with Crippen molar-refractivity contribution in [2.45, 2.75) is 56.8 Å². The van der Waals surface area contributed by atoms with Crippen molar-refractivity contribution in [2.75, 3.05) is 26.3 Å². The fourth-order valence-electron chi connectivity index (χ4n) is 4.53. The number of benzene rings is 1. The quantitative estimate of drug-likeness (QED) is 0.784. The van der Waals surface area contributed by atoms with Crippen LogP contribution in [0.2, 0.25) is 5.02 Å². The second-order valence-corrected chi connectivity index (χ2v) is 8.87. The van der Waals surface area contributed by atoms with Gasteiger partial charge in [-0.2, -0.15) is 0 Å². The first kappa shape index (κ1) is 21.5. The van der Waals surface area contributed by atoms with Crippen molar-refractivity contribution in [3.8, 4) is 0 Å². The van der Waals surface area contributed by atoms with Crippen LogP contribution in [-0.2, 0) is 25.5 Å². The van der Waals surface area contributed by atoms with Crippen LogP contribution in [0.4, 0.5) is 4.39 Å².